The number of nitrogens with zero attached hydrogens (tertiary/aromatic N) is 3. The molecule has 2 aromatic rings. The third kappa shape index (κ3) is 7.08. The van der Waals surface area contributed by atoms with Gasteiger partial charge in [0.15, 0.2) is 6.61 Å². The van der Waals surface area contributed by atoms with Crippen LogP contribution in [0.4, 0.5) is 35.5 Å². The molecule has 4 rings (SSSR count). The predicted octanol–water partition coefficient (Wildman–Crippen LogP) is 4.74. The summed E-state index contributed by atoms with van der Waals surface area (Å²) in [6.07, 6.45) is -11.1. The van der Waals surface area contributed by atoms with Gasteiger partial charge in [0, 0.05) is 38.5 Å². The lowest BCUT2D eigenvalue weighted by Gasteiger charge is -2.40. The third-order valence-electron chi connectivity index (χ3n) is 7.49. The molecule has 2 aliphatic rings. The van der Waals surface area contributed by atoms with Crippen molar-refractivity contribution in [1.82, 2.24) is 14.7 Å². The van der Waals surface area contributed by atoms with Crippen LogP contribution in [-0.4, -0.2) is 71.8 Å². The quantitative estimate of drug-likeness (QED) is 0.438. The summed E-state index contributed by atoms with van der Waals surface area (Å²) < 4.78 is 98.6. The van der Waals surface area contributed by atoms with E-state index in [0.717, 1.165) is 11.0 Å². The van der Waals surface area contributed by atoms with Crippen LogP contribution < -0.4 is 0 Å². The van der Waals surface area contributed by atoms with Gasteiger partial charge in [0.05, 0.1) is 11.1 Å². The van der Waals surface area contributed by atoms with E-state index in [-0.39, 0.29) is 31.1 Å². The highest BCUT2D eigenvalue weighted by atomic mass is 19.4. The van der Waals surface area contributed by atoms with Crippen LogP contribution in [0.2, 0.25) is 0 Å². The largest absolute Gasteiger partial charge is 0.439 e. The van der Waals surface area contributed by atoms with Crippen molar-refractivity contribution < 1.29 is 54.6 Å². The van der Waals surface area contributed by atoms with Crippen molar-refractivity contribution in [2.75, 3.05) is 33.3 Å². The average molecular weight is 618 g/mol. The number of amides is 4. The lowest BCUT2D eigenvalue weighted by atomic mass is 9.78. The van der Waals surface area contributed by atoms with E-state index in [1.54, 1.807) is 6.92 Å². The molecular formula is C28H26F7N3O5. The zero-order valence-corrected chi connectivity index (χ0v) is 22.9. The van der Waals surface area contributed by atoms with Gasteiger partial charge in [-0.2, -0.15) is 26.3 Å². The van der Waals surface area contributed by atoms with Gasteiger partial charge < -0.3 is 14.5 Å². The maximum atomic E-state index is 13.9. The van der Waals surface area contributed by atoms with E-state index in [4.69, 9.17) is 0 Å². The Morgan fingerprint density at radius 3 is 2.16 bits per heavy atom. The number of hydrogen-bond acceptors (Lipinski definition) is 5. The standard InChI is InChI=1S/C28H26F7N3O5/c1-15-7-19(29)3-4-20(15)22-12-37(23(39)13-38-24(40)14-43-26(38)42)6-5-21(22)25(41)36(2)11-16-8-17(27(30,31)32)10-18(9-16)28(33,34)35/h3-4,7-10,21-22H,5-6,11-14H2,1-2H3/t21-,22+/m1/s1. The van der Waals surface area contributed by atoms with Crippen LogP contribution in [0.15, 0.2) is 36.4 Å². The molecule has 0 N–H and O–H groups in total. The molecule has 0 spiro atoms. The number of benzene rings is 2. The maximum Gasteiger partial charge on any atom is 0.417 e. The van der Waals surface area contributed by atoms with Crippen molar-refractivity contribution in [3.8, 4) is 0 Å². The Morgan fingerprint density at radius 2 is 1.63 bits per heavy atom. The first kappa shape index (κ1) is 31.8. The molecule has 15 heteroatoms. The molecule has 0 radical (unpaired) electrons. The molecule has 2 aromatic carbocycles. The van der Waals surface area contributed by atoms with E-state index in [2.05, 4.69) is 4.74 Å². The number of aryl methyl sites for hydroxylation is 1. The Labute approximate surface area is 241 Å². The van der Waals surface area contributed by atoms with E-state index in [1.165, 1.54) is 24.1 Å². The topological polar surface area (TPSA) is 87.2 Å². The SMILES string of the molecule is Cc1cc(F)ccc1[C@@H]1CN(C(=O)CN2C(=O)COC2=O)CC[C@H]1C(=O)N(C)Cc1cc(C(F)(F)F)cc(C(F)(F)F)c1. The summed E-state index contributed by atoms with van der Waals surface area (Å²) in [6, 6.07) is 4.92. The Kier molecular flexibility index (Phi) is 8.75. The van der Waals surface area contributed by atoms with Gasteiger partial charge in [-0.25, -0.2) is 14.1 Å². The van der Waals surface area contributed by atoms with Gasteiger partial charge in [-0.05, 0) is 60.4 Å². The summed E-state index contributed by atoms with van der Waals surface area (Å²) in [5.41, 5.74) is -2.45. The first-order chi connectivity index (χ1) is 20.0. The van der Waals surface area contributed by atoms with Crippen molar-refractivity contribution in [3.63, 3.8) is 0 Å². The van der Waals surface area contributed by atoms with E-state index in [0.29, 0.717) is 28.2 Å². The molecule has 2 fully saturated rings. The fourth-order valence-corrected chi connectivity index (χ4v) is 5.36. The van der Waals surface area contributed by atoms with Crippen molar-refractivity contribution in [3.05, 3.63) is 70.0 Å². The lowest BCUT2D eigenvalue weighted by molar-refractivity contribution is -0.143. The molecule has 2 heterocycles. The number of hydrogen-bond donors (Lipinski definition) is 0. The van der Waals surface area contributed by atoms with E-state index >= 15 is 0 Å². The number of halogens is 7. The number of alkyl halides is 6. The molecule has 232 valence electrons. The molecule has 2 atom stereocenters. The molecule has 4 amide bonds. The average Bonchev–Trinajstić information content (AvgIpc) is 3.23. The number of likely N-dealkylation sites (tertiary alicyclic amines) is 1. The van der Waals surface area contributed by atoms with E-state index in [9.17, 15) is 49.9 Å². The van der Waals surface area contributed by atoms with Gasteiger partial charge in [-0.3, -0.25) is 14.4 Å². The summed E-state index contributed by atoms with van der Waals surface area (Å²) >= 11 is 0. The zero-order valence-electron chi connectivity index (χ0n) is 22.9. The Hall–Kier alpha value is -4.17. The van der Waals surface area contributed by atoms with Crippen LogP contribution in [0.3, 0.4) is 0 Å². The Balaban J connectivity index is 1.59. The zero-order chi connectivity index (χ0) is 31.9. The van der Waals surface area contributed by atoms with Crippen LogP contribution >= 0.6 is 0 Å². The maximum absolute atomic E-state index is 13.9. The monoisotopic (exact) mass is 617 g/mol. The molecule has 0 saturated carbocycles. The number of imide groups is 1. The fraction of sp³-hybridized carbons (Fsp3) is 0.429. The van der Waals surface area contributed by atoms with Gasteiger partial charge in [0.1, 0.15) is 12.4 Å². The summed E-state index contributed by atoms with van der Waals surface area (Å²) in [7, 11) is 1.24. The number of rotatable bonds is 6. The highest BCUT2D eigenvalue weighted by Crippen LogP contribution is 2.38. The molecule has 2 saturated heterocycles. The normalized spacial score (nSPS) is 19.5. The number of carbonyl (C=O) groups excluding carboxylic acids is 4. The lowest BCUT2D eigenvalue weighted by Crippen LogP contribution is -2.50. The van der Waals surface area contributed by atoms with Crippen molar-refractivity contribution in [2.45, 2.75) is 38.2 Å². The predicted molar refractivity (Wildman–Crippen MR) is 135 cm³/mol. The van der Waals surface area contributed by atoms with Crippen LogP contribution in [0, 0.1) is 18.7 Å². The smallest absolute Gasteiger partial charge is 0.417 e. The molecule has 0 aromatic heterocycles. The van der Waals surface area contributed by atoms with Crippen molar-refractivity contribution >= 4 is 23.8 Å². The van der Waals surface area contributed by atoms with Gasteiger partial charge >= 0.3 is 18.4 Å². The second-order valence-corrected chi connectivity index (χ2v) is 10.5. The van der Waals surface area contributed by atoms with Crippen LogP contribution in [0.5, 0.6) is 0 Å². The van der Waals surface area contributed by atoms with E-state index < -0.39 is 84.6 Å². The van der Waals surface area contributed by atoms with Crippen LogP contribution in [-0.2, 0) is 38.0 Å². The van der Waals surface area contributed by atoms with Crippen LogP contribution in [0.25, 0.3) is 0 Å². The number of ether oxygens (including phenoxy) is 1. The minimum Gasteiger partial charge on any atom is -0.439 e. The summed E-state index contributed by atoms with van der Waals surface area (Å²) in [5.74, 6) is -4.10. The second-order valence-electron chi connectivity index (χ2n) is 10.5. The molecule has 8 nitrogen and oxygen atoms in total. The second kappa shape index (κ2) is 11.8. The number of cyclic esters (lactones) is 1. The third-order valence-corrected chi connectivity index (χ3v) is 7.49. The summed E-state index contributed by atoms with van der Waals surface area (Å²) in [6.45, 7) is -0.165. The first-order valence-electron chi connectivity index (χ1n) is 13.0. The first-order valence-corrected chi connectivity index (χ1v) is 13.0. The van der Waals surface area contributed by atoms with E-state index in [1.807, 2.05) is 0 Å². The molecule has 0 unspecified atom stereocenters. The molecule has 0 aliphatic carbocycles. The minimum absolute atomic E-state index is 0.000794. The Morgan fingerprint density at radius 1 is 1.00 bits per heavy atom. The van der Waals surface area contributed by atoms with Gasteiger partial charge in [0.2, 0.25) is 11.8 Å². The van der Waals surface area contributed by atoms with Gasteiger partial charge in [-0.1, -0.05) is 6.07 Å². The number of piperidine rings is 1. The molecule has 43 heavy (non-hydrogen) atoms. The highest BCUT2D eigenvalue weighted by Gasteiger charge is 2.41. The summed E-state index contributed by atoms with van der Waals surface area (Å²) in [4.78, 5) is 53.3. The molecule has 0 bridgehead atoms. The van der Waals surface area contributed by atoms with Gasteiger partial charge in [0.25, 0.3) is 5.91 Å². The highest BCUT2D eigenvalue weighted by molar-refractivity contribution is 6.01. The molecular weight excluding hydrogens is 591 g/mol. The summed E-state index contributed by atoms with van der Waals surface area (Å²) in [5, 5.41) is 0. The molecule has 2 aliphatic heterocycles. The Bertz CT molecular complexity index is 1390. The van der Waals surface area contributed by atoms with Crippen molar-refractivity contribution in [1.29, 1.82) is 0 Å². The van der Waals surface area contributed by atoms with Crippen molar-refractivity contribution in [2.24, 2.45) is 5.92 Å². The minimum atomic E-state index is -5.06. The van der Waals surface area contributed by atoms with Crippen LogP contribution in [0.1, 0.15) is 40.2 Å². The van der Waals surface area contributed by atoms with Gasteiger partial charge in [-0.15, -0.1) is 0 Å². The number of carbonyl (C=O) groups is 4. The fourth-order valence-electron chi connectivity index (χ4n) is 5.36.